The smallest absolute Gasteiger partial charge is 0.128 e. The van der Waals surface area contributed by atoms with Crippen LogP contribution in [0.15, 0.2) is 30.3 Å². The summed E-state index contributed by atoms with van der Waals surface area (Å²) in [5, 5.41) is 3.37. The van der Waals surface area contributed by atoms with Gasteiger partial charge in [-0.05, 0) is 36.7 Å². The number of aromatic nitrogens is 1. The molecule has 88 valence electrons. The van der Waals surface area contributed by atoms with Gasteiger partial charge >= 0.3 is 0 Å². The molecular formula is C14H16N2O. The normalized spacial score (nSPS) is 14.4. The number of rotatable bonds is 2. The molecule has 3 heteroatoms. The first kappa shape index (κ1) is 10.4. The molecule has 1 aliphatic heterocycles. The molecule has 0 saturated carbocycles. The lowest BCUT2D eigenvalue weighted by Crippen LogP contribution is -2.22. The molecule has 2 heterocycles. The predicted octanol–water partition coefficient (Wildman–Crippen LogP) is 2.34. The minimum atomic E-state index is 0.916. The molecule has 0 amide bonds. The number of methoxy groups -OCH3 is 1. The summed E-state index contributed by atoms with van der Waals surface area (Å²) in [5.74, 6) is 0.916. The number of para-hydroxylation sites is 1. The van der Waals surface area contributed by atoms with Gasteiger partial charge < -0.3 is 15.0 Å². The molecule has 0 spiro atoms. The number of hydrogen-bond donors (Lipinski definition) is 2. The van der Waals surface area contributed by atoms with E-state index in [-0.39, 0.29) is 0 Å². The van der Waals surface area contributed by atoms with Gasteiger partial charge in [0.05, 0.1) is 7.11 Å². The molecule has 17 heavy (non-hydrogen) atoms. The summed E-state index contributed by atoms with van der Waals surface area (Å²) < 4.78 is 5.40. The average Bonchev–Trinajstić information content (AvgIpc) is 2.82. The summed E-state index contributed by atoms with van der Waals surface area (Å²) in [5.41, 5.74) is 5.00. The van der Waals surface area contributed by atoms with E-state index in [0.717, 1.165) is 36.5 Å². The number of nitrogens with one attached hydrogen (secondary N) is 2. The highest BCUT2D eigenvalue weighted by Crippen LogP contribution is 2.31. The fourth-order valence-corrected chi connectivity index (χ4v) is 2.37. The molecule has 1 aliphatic rings. The summed E-state index contributed by atoms with van der Waals surface area (Å²) in [4.78, 5) is 3.48. The van der Waals surface area contributed by atoms with Crippen LogP contribution in [0.25, 0.3) is 11.3 Å². The third kappa shape index (κ3) is 1.83. The van der Waals surface area contributed by atoms with E-state index in [0.29, 0.717) is 0 Å². The van der Waals surface area contributed by atoms with E-state index < -0.39 is 0 Å². The van der Waals surface area contributed by atoms with Crippen molar-refractivity contribution in [3.05, 3.63) is 41.6 Å². The first-order valence-electron chi connectivity index (χ1n) is 5.93. The van der Waals surface area contributed by atoms with Gasteiger partial charge in [-0.3, -0.25) is 0 Å². The van der Waals surface area contributed by atoms with Crippen LogP contribution in [0.3, 0.4) is 0 Å². The van der Waals surface area contributed by atoms with Crippen molar-refractivity contribution in [3.8, 4) is 17.0 Å². The molecule has 3 rings (SSSR count). The van der Waals surface area contributed by atoms with Gasteiger partial charge in [0.15, 0.2) is 0 Å². The Hall–Kier alpha value is -1.74. The van der Waals surface area contributed by atoms with Crippen LogP contribution >= 0.6 is 0 Å². The number of fused-ring (bicyclic) bond motifs is 1. The fraction of sp³-hybridized carbons (Fsp3) is 0.286. The maximum atomic E-state index is 5.40. The first-order valence-corrected chi connectivity index (χ1v) is 5.93. The molecule has 0 atom stereocenters. The molecule has 2 N–H and O–H groups in total. The van der Waals surface area contributed by atoms with Crippen LogP contribution in [0.5, 0.6) is 5.75 Å². The van der Waals surface area contributed by atoms with Crippen LogP contribution in [0, 0.1) is 0 Å². The first-order chi connectivity index (χ1) is 8.38. The van der Waals surface area contributed by atoms with Crippen LogP contribution in [-0.4, -0.2) is 18.6 Å². The largest absolute Gasteiger partial charge is 0.496 e. The maximum absolute atomic E-state index is 5.40. The van der Waals surface area contributed by atoms with Crippen molar-refractivity contribution in [3.63, 3.8) is 0 Å². The van der Waals surface area contributed by atoms with Gasteiger partial charge in [-0.2, -0.15) is 0 Å². The zero-order chi connectivity index (χ0) is 11.7. The van der Waals surface area contributed by atoms with Crippen molar-refractivity contribution in [1.29, 1.82) is 0 Å². The molecular weight excluding hydrogens is 212 g/mol. The lowest BCUT2D eigenvalue weighted by Gasteiger charge is -2.11. The lowest BCUT2D eigenvalue weighted by atomic mass is 10.1. The minimum Gasteiger partial charge on any atom is -0.496 e. The standard InChI is InChI=1S/C14H16N2O/c1-17-14-5-3-2-4-11(14)12-8-10-6-7-15-9-13(10)16-12/h2-5,8,15-16H,6-7,9H2,1H3. The number of H-pyrrole nitrogens is 1. The molecule has 0 saturated heterocycles. The minimum absolute atomic E-state index is 0.916. The molecule has 3 nitrogen and oxygen atoms in total. The lowest BCUT2D eigenvalue weighted by molar-refractivity contribution is 0.416. The van der Waals surface area contributed by atoms with Gasteiger partial charge in [-0.15, -0.1) is 0 Å². The SMILES string of the molecule is COc1ccccc1-c1cc2c([nH]1)CNCC2. The van der Waals surface area contributed by atoms with Crippen molar-refractivity contribution < 1.29 is 4.74 Å². The molecule has 1 aromatic carbocycles. The monoisotopic (exact) mass is 228 g/mol. The second-order valence-electron chi connectivity index (χ2n) is 4.31. The van der Waals surface area contributed by atoms with Crippen LogP contribution in [0.4, 0.5) is 0 Å². The molecule has 0 aliphatic carbocycles. The van der Waals surface area contributed by atoms with Crippen LogP contribution in [0.1, 0.15) is 11.3 Å². The highest BCUT2D eigenvalue weighted by Gasteiger charge is 2.14. The Morgan fingerprint density at radius 3 is 2.94 bits per heavy atom. The van der Waals surface area contributed by atoms with E-state index in [4.69, 9.17) is 4.74 Å². The molecule has 1 aromatic heterocycles. The van der Waals surface area contributed by atoms with E-state index in [1.165, 1.54) is 11.3 Å². The highest BCUT2D eigenvalue weighted by atomic mass is 16.5. The maximum Gasteiger partial charge on any atom is 0.128 e. The Labute approximate surface area is 101 Å². The summed E-state index contributed by atoms with van der Waals surface area (Å²) in [7, 11) is 1.71. The second-order valence-corrected chi connectivity index (χ2v) is 4.31. The Kier molecular flexibility index (Phi) is 2.61. The molecule has 0 radical (unpaired) electrons. The van der Waals surface area contributed by atoms with Crippen LogP contribution in [-0.2, 0) is 13.0 Å². The Balaban J connectivity index is 2.06. The van der Waals surface area contributed by atoms with Crippen molar-refractivity contribution in [2.75, 3.05) is 13.7 Å². The molecule has 2 aromatic rings. The zero-order valence-electron chi connectivity index (χ0n) is 9.92. The van der Waals surface area contributed by atoms with Gasteiger partial charge in [-0.1, -0.05) is 12.1 Å². The molecule has 0 unspecified atom stereocenters. The summed E-state index contributed by atoms with van der Waals surface area (Å²) in [6.07, 6.45) is 1.10. The Morgan fingerprint density at radius 1 is 1.24 bits per heavy atom. The van der Waals surface area contributed by atoms with Crippen molar-refractivity contribution in [2.45, 2.75) is 13.0 Å². The molecule has 0 bridgehead atoms. The van der Waals surface area contributed by atoms with Gasteiger partial charge in [0, 0.05) is 23.5 Å². The van der Waals surface area contributed by atoms with Crippen LogP contribution in [0.2, 0.25) is 0 Å². The van der Waals surface area contributed by atoms with Gasteiger partial charge in [0.1, 0.15) is 5.75 Å². The van der Waals surface area contributed by atoms with E-state index >= 15 is 0 Å². The van der Waals surface area contributed by atoms with Gasteiger partial charge in [0.25, 0.3) is 0 Å². The third-order valence-electron chi connectivity index (χ3n) is 3.26. The Bertz CT molecular complexity index is 507. The van der Waals surface area contributed by atoms with E-state index in [1.54, 1.807) is 7.11 Å². The summed E-state index contributed by atoms with van der Waals surface area (Å²) in [6.45, 7) is 2.00. The van der Waals surface area contributed by atoms with E-state index in [2.05, 4.69) is 22.4 Å². The zero-order valence-corrected chi connectivity index (χ0v) is 9.92. The third-order valence-corrected chi connectivity index (χ3v) is 3.26. The van der Waals surface area contributed by atoms with Crippen molar-refractivity contribution in [2.24, 2.45) is 0 Å². The fourth-order valence-electron chi connectivity index (χ4n) is 2.37. The van der Waals surface area contributed by atoms with Gasteiger partial charge in [-0.25, -0.2) is 0 Å². The number of aromatic amines is 1. The topological polar surface area (TPSA) is 37.0 Å². The average molecular weight is 228 g/mol. The second kappa shape index (κ2) is 4.26. The Morgan fingerprint density at radius 2 is 2.12 bits per heavy atom. The van der Waals surface area contributed by atoms with Crippen LogP contribution < -0.4 is 10.1 Å². The van der Waals surface area contributed by atoms with E-state index in [1.807, 2.05) is 18.2 Å². The summed E-state index contributed by atoms with van der Waals surface area (Å²) in [6, 6.07) is 10.4. The number of hydrogen-bond acceptors (Lipinski definition) is 2. The summed E-state index contributed by atoms with van der Waals surface area (Å²) >= 11 is 0. The number of ether oxygens (including phenoxy) is 1. The highest BCUT2D eigenvalue weighted by molar-refractivity contribution is 5.68. The van der Waals surface area contributed by atoms with E-state index in [9.17, 15) is 0 Å². The number of benzene rings is 1. The van der Waals surface area contributed by atoms with Crippen molar-refractivity contribution >= 4 is 0 Å². The van der Waals surface area contributed by atoms with Gasteiger partial charge in [0.2, 0.25) is 0 Å². The van der Waals surface area contributed by atoms with Crippen molar-refractivity contribution in [1.82, 2.24) is 10.3 Å². The quantitative estimate of drug-likeness (QED) is 0.827. The molecule has 0 fully saturated rings. The predicted molar refractivity (Wildman–Crippen MR) is 68.2 cm³/mol.